The molecule has 0 saturated heterocycles. The topological polar surface area (TPSA) is 47.2 Å². The molecule has 2 aromatic heterocycles. The van der Waals surface area contributed by atoms with Gasteiger partial charge in [0.1, 0.15) is 0 Å². The van der Waals surface area contributed by atoms with E-state index in [-0.39, 0.29) is 10.9 Å². The minimum Gasteiger partial charge on any atom is -0.327 e. The molecule has 4 nitrogen and oxygen atoms in total. The van der Waals surface area contributed by atoms with Gasteiger partial charge in [-0.1, -0.05) is 18.2 Å². The Bertz CT molecular complexity index is 956. The second-order valence-corrected chi connectivity index (χ2v) is 5.65. The molecule has 0 aliphatic rings. The summed E-state index contributed by atoms with van der Waals surface area (Å²) >= 11 is 1.16. The van der Waals surface area contributed by atoms with Crippen LogP contribution < -0.4 is 4.80 Å². The molecular weight excluding hydrogens is 327 g/mol. The fourth-order valence-electron chi connectivity index (χ4n) is 2.19. The Balaban J connectivity index is 2.26. The number of benzene rings is 1. The van der Waals surface area contributed by atoms with Gasteiger partial charge in [-0.15, -0.1) is 11.3 Å². The summed E-state index contributed by atoms with van der Waals surface area (Å²) in [4.78, 5) is 20.3. The number of halogens is 3. The van der Waals surface area contributed by atoms with Crippen LogP contribution in [0.3, 0.4) is 0 Å². The van der Waals surface area contributed by atoms with Gasteiger partial charge in [-0.3, -0.25) is 9.78 Å². The molecule has 0 spiro atoms. The Morgan fingerprint density at radius 1 is 1.30 bits per heavy atom. The Hall–Kier alpha value is -2.48. The van der Waals surface area contributed by atoms with Gasteiger partial charge in [-0.25, -0.2) is 0 Å². The summed E-state index contributed by atoms with van der Waals surface area (Å²) in [5.74, 6) is -0.964. The quantitative estimate of drug-likeness (QED) is 0.683. The van der Waals surface area contributed by atoms with E-state index in [1.807, 2.05) is 0 Å². The number of fused-ring (bicyclic) bond motifs is 1. The van der Waals surface area contributed by atoms with E-state index >= 15 is 0 Å². The van der Waals surface area contributed by atoms with Gasteiger partial charge in [0.05, 0.1) is 16.6 Å². The number of pyridine rings is 1. The number of carbonyl (C=O) groups excluding carboxylic acids is 1. The smallest absolute Gasteiger partial charge is 0.327 e. The number of hydrogen-bond acceptors (Lipinski definition) is 3. The Morgan fingerprint density at radius 2 is 2.04 bits per heavy atom. The number of para-hydroxylation sites is 1. The number of nitrogens with zero attached hydrogens (tertiary/aromatic N) is 3. The van der Waals surface area contributed by atoms with Gasteiger partial charge in [0.25, 0.3) is 5.91 Å². The van der Waals surface area contributed by atoms with Crippen LogP contribution in [0.5, 0.6) is 0 Å². The van der Waals surface area contributed by atoms with Crippen LogP contribution in [0.25, 0.3) is 10.9 Å². The average Bonchev–Trinajstić information content (AvgIpc) is 2.90. The van der Waals surface area contributed by atoms with E-state index in [1.165, 1.54) is 18.2 Å². The molecule has 2 heterocycles. The van der Waals surface area contributed by atoms with E-state index in [2.05, 4.69) is 9.98 Å². The lowest BCUT2D eigenvalue weighted by molar-refractivity contribution is -0.136. The fraction of sp³-hybridized carbons (Fsp3) is 0.133. The molecule has 0 unspecified atom stereocenters. The molecule has 0 bridgehead atoms. The molecule has 23 heavy (non-hydrogen) atoms. The zero-order valence-electron chi connectivity index (χ0n) is 11.8. The summed E-state index contributed by atoms with van der Waals surface area (Å²) in [6.45, 7) is 0. The highest BCUT2D eigenvalue weighted by molar-refractivity contribution is 7.07. The number of aryl methyl sites for hydroxylation is 1. The first kappa shape index (κ1) is 15.4. The molecule has 8 heteroatoms. The minimum atomic E-state index is -4.68. The lowest BCUT2D eigenvalue weighted by Gasteiger charge is -2.13. The molecule has 0 atom stereocenters. The van der Waals surface area contributed by atoms with Crippen molar-refractivity contribution in [3.63, 3.8) is 0 Å². The van der Waals surface area contributed by atoms with Crippen LogP contribution in [-0.2, 0) is 13.2 Å². The average molecular weight is 337 g/mol. The predicted molar refractivity (Wildman–Crippen MR) is 79.9 cm³/mol. The number of hydrogen-bond donors (Lipinski definition) is 0. The van der Waals surface area contributed by atoms with Gasteiger partial charge in [-0.2, -0.15) is 18.2 Å². The third kappa shape index (κ3) is 2.89. The molecule has 0 saturated carbocycles. The standard InChI is InChI=1S/C15H10F3N3OS/c1-21-6-7-23-14(21)20-13(22)10-8-19-11-5-3-2-4-9(11)12(10)15(16,17)18/h2-8H,1H3. The SMILES string of the molecule is Cn1ccsc1=NC(=O)c1cnc2ccccc2c1C(F)(F)F. The maximum Gasteiger partial charge on any atom is 0.417 e. The van der Waals surface area contributed by atoms with Crippen molar-refractivity contribution in [1.29, 1.82) is 0 Å². The molecule has 1 aromatic carbocycles. The first-order chi connectivity index (χ1) is 10.9. The highest BCUT2D eigenvalue weighted by atomic mass is 32.1. The van der Waals surface area contributed by atoms with Gasteiger partial charge < -0.3 is 4.57 Å². The molecule has 118 valence electrons. The second kappa shape index (κ2) is 5.62. The van der Waals surface area contributed by atoms with Crippen molar-refractivity contribution in [2.75, 3.05) is 0 Å². The Morgan fingerprint density at radius 3 is 2.70 bits per heavy atom. The Labute approximate surface area is 132 Å². The zero-order valence-corrected chi connectivity index (χ0v) is 12.6. The summed E-state index contributed by atoms with van der Waals surface area (Å²) in [6.07, 6.45) is -2.08. The van der Waals surface area contributed by atoms with Crippen LogP contribution in [-0.4, -0.2) is 15.5 Å². The van der Waals surface area contributed by atoms with Gasteiger partial charge in [-0.05, 0) is 6.07 Å². The highest BCUT2D eigenvalue weighted by Gasteiger charge is 2.37. The molecule has 1 amide bonds. The largest absolute Gasteiger partial charge is 0.417 e. The lowest BCUT2D eigenvalue weighted by atomic mass is 10.0. The minimum absolute atomic E-state index is 0.114. The van der Waals surface area contributed by atoms with Crippen molar-refractivity contribution in [3.8, 4) is 0 Å². The lowest BCUT2D eigenvalue weighted by Crippen LogP contribution is -2.17. The molecule has 3 rings (SSSR count). The molecule has 0 fully saturated rings. The normalized spacial score (nSPS) is 12.8. The van der Waals surface area contributed by atoms with Crippen molar-refractivity contribution < 1.29 is 18.0 Å². The summed E-state index contributed by atoms with van der Waals surface area (Å²) in [7, 11) is 1.66. The van der Waals surface area contributed by atoms with Crippen LogP contribution in [0.2, 0.25) is 0 Å². The zero-order chi connectivity index (χ0) is 16.6. The highest BCUT2D eigenvalue weighted by Crippen LogP contribution is 2.36. The predicted octanol–water partition coefficient (Wildman–Crippen LogP) is 3.39. The van der Waals surface area contributed by atoms with Gasteiger partial charge in [0.2, 0.25) is 0 Å². The number of aromatic nitrogens is 2. The van der Waals surface area contributed by atoms with Crippen LogP contribution in [0, 0.1) is 0 Å². The van der Waals surface area contributed by atoms with Gasteiger partial charge in [0.15, 0.2) is 4.80 Å². The monoisotopic (exact) mass is 337 g/mol. The molecule has 3 aromatic rings. The maximum absolute atomic E-state index is 13.5. The van der Waals surface area contributed by atoms with Crippen molar-refractivity contribution in [1.82, 2.24) is 9.55 Å². The van der Waals surface area contributed by atoms with Crippen molar-refractivity contribution in [3.05, 3.63) is 58.0 Å². The van der Waals surface area contributed by atoms with Crippen LogP contribution >= 0.6 is 11.3 Å². The van der Waals surface area contributed by atoms with Crippen LogP contribution in [0.4, 0.5) is 13.2 Å². The van der Waals surface area contributed by atoms with E-state index in [4.69, 9.17) is 0 Å². The summed E-state index contributed by atoms with van der Waals surface area (Å²) in [5.41, 5.74) is -1.38. The first-order valence-corrected chi connectivity index (χ1v) is 7.40. The fourth-order valence-corrected chi connectivity index (χ4v) is 2.92. The summed E-state index contributed by atoms with van der Waals surface area (Å²) in [6, 6.07) is 5.83. The van der Waals surface area contributed by atoms with E-state index < -0.39 is 23.2 Å². The number of alkyl halides is 3. The number of thiazole rings is 1. The summed E-state index contributed by atoms with van der Waals surface area (Å²) in [5, 5.41) is 1.58. The Kier molecular flexibility index (Phi) is 3.77. The third-order valence-electron chi connectivity index (χ3n) is 3.25. The van der Waals surface area contributed by atoms with Crippen molar-refractivity contribution in [2.45, 2.75) is 6.18 Å². The second-order valence-electron chi connectivity index (χ2n) is 4.78. The summed E-state index contributed by atoms with van der Waals surface area (Å²) < 4.78 is 42.0. The number of carbonyl (C=O) groups is 1. The molecular formula is C15H10F3N3OS. The van der Waals surface area contributed by atoms with Gasteiger partial charge >= 0.3 is 6.18 Å². The van der Waals surface area contributed by atoms with Crippen LogP contribution in [0.1, 0.15) is 15.9 Å². The van der Waals surface area contributed by atoms with Gasteiger partial charge in [0, 0.05) is 30.2 Å². The molecule has 0 radical (unpaired) electrons. The van der Waals surface area contributed by atoms with E-state index in [0.29, 0.717) is 4.80 Å². The maximum atomic E-state index is 13.5. The molecule has 0 aliphatic carbocycles. The number of rotatable bonds is 1. The first-order valence-electron chi connectivity index (χ1n) is 6.52. The van der Waals surface area contributed by atoms with E-state index in [1.54, 1.807) is 29.3 Å². The molecule has 0 N–H and O–H groups in total. The number of amides is 1. The van der Waals surface area contributed by atoms with Crippen LogP contribution in [0.15, 0.2) is 47.0 Å². The van der Waals surface area contributed by atoms with Crippen molar-refractivity contribution in [2.24, 2.45) is 12.0 Å². The van der Waals surface area contributed by atoms with E-state index in [9.17, 15) is 18.0 Å². The third-order valence-corrected chi connectivity index (χ3v) is 4.09. The molecule has 0 aliphatic heterocycles. The van der Waals surface area contributed by atoms with Crippen molar-refractivity contribution >= 4 is 28.1 Å². The van der Waals surface area contributed by atoms with E-state index in [0.717, 1.165) is 17.5 Å².